The van der Waals surface area contributed by atoms with Crippen LogP contribution < -0.4 is 5.32 Å². The van der Waals surface area contributed by atoms with Gasteiger partial charge in [0.25, 0.3) is 0 Å². The maximum absolute atomic E-state index is 11.7. The fraction of sp³-hybridized carbons (Fsp3) is 0.286. The minimum absolute atomic E-state index is 0.515. The predicted molar refractivity (Wildman–Crippen MR) is 76.8 cm³/mol. The van der Waals surface area contributed by atoms with Gasteiger partial charge in [-0.2, -0.15) is 0 Å². The monoisotopic (exact) mass is 297 g/mol. The molecule has 0 aliphatic rings. The number of benzene rings is 1. The summed E-state index contributed by atoms with van der Waals surface area (Å²) >= 11 is 5.74. The van der Waals surface area contributed by atoms with Gasteiger partial charge in [-0.1, -0.05) is 17.7 Å². The molecule has 0 aliphatic carbocycles. The number of hydrogen-bond donors (Lipinski definition) is 1. The van der Waals surface area contributed by atoms with Gasteiger partial charge < -0.3 is 9.47 Å². The van der Waals surface area contributed by atoms with Crippen molar-refractivity contribution in [3.05, 3.63) is 40.9 Å². The Morgan fingerprint density at radius 1 is 1.30 bits per heavy atom. The highest BCUT2D eigenvalue weighted by Crippen LogP contribution is 2.15. The molecular formula is C14H16ClNO4. The topological polar surface area (TPSA) is 64.6 Å². The van der Waals surface area contributed by atoms with E-state index in [9.17, 15) is 9.59 Å². The van der Waals surface area contributed by atoms with Crippen LogP contribution in [0.3, 0.4) is 0 Å². The first-order valence-electron chi connectivity index (χ1n) is 5.91. The van der Waals surface area contributed by atoms with Crippen molar-refractivity contribution in [1.82, 2.24) is 0 Å². The van der Waals surface area contributed by atoms with Gasteiger partial charge in [-0.05, 0) is 43.7 Å². The van der Waals surface area contributed by atoms with Crippen molar-refractivity contribution in [2.45, 2.75) is 20.0 Å². The molecule has 1 rings (SSSR count). The maximum Gasteiger partial charge on any atom is 0.412 e. The standard InChI is InChI=1S/C14H16ClNO4/c1-4-9(2)12(13(17)19-3)20-14(18)16-11-7-5-10(15)6-8-11/h4-8,12H,1-3H3,(H,16,18). The maximum atomic E-state index is 11.7. The van der Waals surface area contributed by atoms with E-state index >= 15 is 0 Å². The highest BCUT2D eigenvalue weighted by molar-refractivity contribution is 6.30. The van der Waals surface area contributed by atoms with E-state index in [1.54, 1.807) is 44.2 Å². The summed E-state index contributed by atoms with van der Waals surface area (Å²) in [5.74, 6) is -0.633. The Bertz CT molecular complexity index is 510. The van der Waals surface area contributed by atoms with Crippen molar-refractivity contribution in [1.29, 1.82) is 0 Å². The normalized spacial score (nSPS) is 12.5. The molecule has 0 spiro atoms. The van der Waals surface area contributed by atoms with E-state index in [0.717, 1.165) is 0 Å². The van der Waals surface area contributed by atoms with Crippen molar-refractivity contribution in [2.75, 3.05) is 12.4 Å². The minimum Gasteiger partial charge on any atom is -0.466 e. The summed E-state index contributed by atoms with van der Waals surface area (Å²) in [5, 5.41) is 3.06. The molecule has 0 bridgehead atoms. The molecule has 1 N–H and O–H groups in total. The zero-order valence-corrected chi connectivity index (χ0v) is 12.2. The first kappa shape index (κ1) is 16.0. The summed E-state index contributed by atoms with van der Waals surface area (Å²) in [5.41, 5.74) is 1.10. The summed E-state index contributed by atoms with van der Waals surface area (Å²) in [4.78, 5) is 23.3. The third-order valence-corrected chi connectivity index (χ3v) is 2.85. The van der Waals surface area contributed by atoms with E-state index in [4.69, 9.17) is 16.3 Å². The van der Waals surface area contributed by atoms with Gasteiger partial charge in [-0.25, -0.2) is 9.59 Å². The van der Waals surface area contributed by atoms with Gasteiger partial charge in [0, 0.05) is 10.7 Å². The number of ether oxygens (including phenoxy) is 2. The average Bonchev–Trinajstić information content (AvgIpc) is 2.45. The van der Waals surface area contributed by atoms with Crippen LogP contribution in [-0.2, 0) is 14.3 Å². The Balaban J connectivity index is 2.71. The smallest absolute Gasteiger partial charge is 0.412 e. The molecule has 108 valence electrons. The highest BCUT2D eigenvalue weighted by atomic mass is 35.5. The second-order valence-corrected chi connectivity index (χ2v) is 4.41. The Labute approximate surface area is 122 Å². The van der Waals surface area contributed by atoms with Gasteiger partial charge in [-0.3, -0.25) is 5.32 Å². The highest BCUT2D eigenvalue weighted by Gasteiger charge is 2.25. The molecule has 1 amide bonds. The Morgan fingerprint density at radius 3 is 2.40 bits per heavy atom. The summed E-state index contributed by atoms with van der Waals surface area (Å²) in [6.45, 7) is 3.42. The molecule has 0 heterocycles. The third-order valence-electron chi connectivity index (χ3n) is 2.60. The van der Waals surface area contributed by atoms with Gasteiger partial charge in [0.15, 0.2) is 0 Å². The first-order valence-corrected chi connectivity index (χ1v) is 6.29. The number of esters is 1. The van der Waals surface area contributed by atoms with Crippen molar-refractivity contribution >= 4 is 29.4 Å². The fourth-order valence-corrected chi connectivity index (χ4v) is 1.50. The van der Waals surface area contributed by atoms with Crippen LogP contribution in [0.4, 0.5) is 10.5 Å². The van der Waals surface area contributed by atoms with Crippen LogP contribution in [0.15, 0.2) is 35.9 Å². The van der Waals surface area contributed by atoms with Crippen molar-refractivity contribution in [3.8, 4) is 0 Å². The van der Waals surface area contributed by atoms with Crippen LogP contribution >= 0.6 is 11.6 Å². The van der Waals surface area contributed by atoms with Crippen LogP contribution in [0.25, 0.3) is 0 Å². The van der Waals surface area contributed by atoms with Gasteiger partial charge in [0.2, 0.25) is 6.10 Å². The molecule has 0 aliphatic heterocycles. The molecule has 0 fully saturated rings. The van der Waals surface area contributed by atoms with Gasteiger partial charge in [-0.15, -0.1) is 0 Å². The number of halogens is 1. The summed E-state index contributed by atoms with van der Waals surface area (Å²) in [6.07, 6.45) is -0.127. The predicted octanol–water partition coefficient (Wildman–Crippen LogP) is 3.40. The number of methoxy groups -OCH3 is 1. The Morgan fingerprint density at radius 2 is 1.90 bits per heavy atom. The molecule has 5 nitrogen and oxygen atoms in total. The van der Waals surface area contributed by atoms with E-state index in [1.807, 2.05) is 0 Å². The molecule has 0 saturated heterocycles. The molecule has 0 aromatic heterocycles. The van der Waals surface area contributed by atoms with E-state index < -0.39 is 18.2 Å². The number of nitrogens with one attached hydrogen (secondary N) is 1. The lowest BCUT2D eigenvalue weighted by Crippen LogP contribution is -2.31. The summed E-state index contributed by atoms with van der Waals surface area (Å²) in [6, 6.07) is 6.51. The number of hydrogen-bond acceptors (Lipinski definition) is 4. The van der Waals surface area contributed by atoms with E-state index in [1.165, 1.54) is 7.11 Å². The SMILES string of the molecule is CC=C(C)C(OC(=O)Nc1ccc(Cl)cc1)C(=O)OC. The van der Waals surface area contributed by atoms with E-state index in [0.29, 0.717) is 16.3 Å². The number of carbonyl (C=O) groups is 2. The summed E-state index contributed by atoms with van der Waals surface area (Å²) in [7, 11) is 1.23. The van der Waals surface area contributed by atoms with Gasteiger partial charge in [0.1, 0.15) is 0 Å². The second-order valence-electron chi connectivity index (χ2n) is 3.97. The lowest BCUT2D eigenvalue weighted by molar-refractivity contribution is -0.148. The van der Waals surface area contributed by atoms with E-state index in [-0.39, 0.29) is 0 Å². The fourth-order valence-electron chi connectivity index (χ4n) is 1.37. The van der Waals surface area contributed by atoms with E-state index in [2.05, 4.69) is 10.1 Å². The molecule has 20 heavy (non-hydrogen) atoms. The van der Waals surface area contributed by atoms with Crippen LogP contribution in [0, 0.1) is 0 Å². The number of anilines is 1. The largest absolute Gasteiger partial charge is 0.466 e. The number of allylic oxidation sites excluding steroid dienone is 1. The first-order chi connectivity index (χ1) is 9.47. The van der Waals surface area contributed by atoms with Crippen molar-refractivity contribution in [3.63, 3.8) is 0 Å². The number of carbonyl (C=O) groups excluding carboxylic acids is 2. The quantitative estimate of drug-likeness (QED) is 0.683. The molecule has 0 saturated carbocycles. The number of rotatable bonds is 4. The van der Waals surface area contributed by atoms with Crippen LogP contribution in [0.1, 0.15) is 13.8 Å². The number of amides is 1. The minimum atomic E-state index is -1.06. The summed E-state index contributed by atoms with van der Waals surface area (Å²) < 4.78 is 9.66. The molecule has 1 unspecified atom stereocenters. The lowest BCUT2D eigenvalue weighted by Gasteiger charge is -2.16. The van der Waals surface area contributed by atoms with Crippen LogP contribution in [0.5, 0.6) is 0 Å². The third kappa shape index (κ3) is 4.59. The molecule has 1 atom stereocenters. The van der Waals surface area contributed by atoms with Crippen LogP contribution in [0.2, 0.25) is 5.02 Å². The molecule has 6 heteroatoms. The average molecular weight is 298 g/mol. The molecular weight excluding hydrogens is 282 g/mol. The van der Waals surface area contributed by atoms with Gasteiger partial charge in [0.05, 0.1) is 7.11 Å². The molecule has 1 aromatic carbocycles. The van der Waals surface area contributed by atoms with Gasteiger partial charge >= 0.3 is 12.1 Å². The second kappa shape index (κ2) is 7.55. The van der Waals surface area contributed by atoms with Crippen LogP contribution in [-0.4, -0.2) is 25.3 Å². The lowest BCUT2D eigenvalue weighted by atomic mass is 10.1. The zero-order chi connectivity index (χ0) is 15.1. The Kier molecular flexibility index (Phi) is 6.06. The molecule has 0 radical (unpaired) electrons. The van der Waals surface area contributed by atoms with Crippen molar-refractivity contribution in [2.24, 2.45) is 0 Å². The Hall–Kier alpha value is -2.01. The van der Waals surface area contributed by atoms with Crippen molar-refractivity contribution < 1.29 is 19.1 Å². The molecule has 1 aromatic rings. The zero-order valence-electron chi connectivity index (χ0n) is 11.5.